The van der Waals surface area contributed by atoms with Gasteiger partial charge in [-0.3, -0.25) is 4.79 Å². The van der Waals surface area contributed by atoms with Gasteiger partial charge in [-0.2, -0.15) is 0 Å². The van der Waals surface area contributed by atoms with Crippen molar-refractivity contribution in [1.82, 2.24) is 15.2 Å². The summed E-state index contributed by atoms with van der Waals surface area (Å²) in [5, 5.41) is 14.5. The minimum absolute atomic E-state index is 0.179. The van der Waals surface area contributed by atoms with Crippen LogP contribution in [0.5, 0.6) is 0 Å². The SMILES string of the molecule is CCc1nc(CNC(=O)N(C)CC(C)C(=O)O)cs1. The molecule has 0 saturated heterocycles. The average molecular weight is 285 g/mol. The van der Waals surface area contributed by atoms with Crippen molar-refractivity contribution in [3.63, 3.8) is 0 Å². The summed E-state index contributed by atoms with van der Waals surface area (Å²) in [6, 6.07) is -0.292. The van der Waals surface area contributed by atoms with E-state index in [1.807, 2.05) is 12.3 Å². The minimum Gasteiger partial charge on any atom is -0.481 e. The maximum Gasteiger partial charge on any atom is 0.317 e. The van der Waals surface area contributed by atoms with Gasteiger partial charge in [0.2, 0.25) is 0 Å². The second kappa shape index (κ2) is 7.08. The second-order valence-corrected chi connectivity index (χ2v) is 5.31. The number of urea groups is 1. The monoisotopic (exact) mass is 285 g/mol. The maximum absolute atomic E-state index is 11.7. The summed E-state index contributed by atoms with van der Waals surface area (Å²) in [4.78, 5) is 28.2. The van der Waals surface area contributed by atoms with Crippen molar-refractivity contribution >= 4 is 23.3 Å². The van der Waals surface area contributed by atoms with Gasteiger partial charge in [0.05, 0.1) is 23.2 Å². The summed E-state index contributed by atoms with van der Waals surface area (Å²) in [6.45, 7) is 4.14. The molecule has 7 heteroatoms. The van der Waals surface area contributed by atoms with Gasteiger partial charge in [-0.15, -0.1) is 11.3 Å². The highest BCUT2D eigenvalue weighted by molar-refractivity contribution is 7.09. The van der Waals surface area contributed by atoms with Crippen molar-refractivity contribution in [2.75, 3.05) is 13.6 Å². The van der Waals surface area contributed by atoms with Crippen molar-refractivity contribution in [3.8, 4) is 0 Å². The Bertz CT molecular complexity index is 447. The number of carbonyl (C=O) groups excluding carboxylic acids is 1. The van der Waals surface area contributed by atoms with Gasteiger partial charge in [-0.1, -0.05) is 13.8 Å². The number of nitrogens with one attached hydrogen (secondary N) is 1. The molecule has 0 aliphatic heterocycles. The Balaban J connectivity index is 2.40. The summed E-state index contributed by atoms with van der Waals surface area (Å²) >= 11 is 1.57. The zero-order chi connectivity index (χ0) is 14.4. The number of carboxylic acids is 1. The Hall–Kier alpha value is -1.63. The Kier molecular flexibility index (Phi) is 5.75. The van der Waals surface area contributed by atoms with Gasteiger partial charge in [0.25, 0.3) is 0 Å². The molecule has 0 aliphatic carbocycles. The Morgan fingerprint density at radius 3 is 2.79 bits per heavy atom. The molecule has 1 rings (SSSR count). The van der Waals surface area contributed by atoms with Crippen molar-refractivity contribution in [1.29, 1.82) is 0 Å². The fourth-order valence-corrected chi connectivity index (χ4v) is 2.21. The number of aromatic nitrogens is 1. The van der Waals surface area contributed by atoms with Crippen LogP contribution in [0.1, 0.15) is 24.5 Å². The first kappa shape index (κ1) is 15.4. The molecule has 0 fully saturated rings. The number of aryl methyl sites for hydroxylation is 1. The number of hydrogen-bond acceptors (Lipinski definition) is 4. The van der Waals surface area contributed by atoms with E-state index < -0.39 is 11.9 Å². The normalized spacial score (nSPS) is 11.9. The summed E-state index contributed by atoms with van der Waals surface area (Å²) in [5.74, 6) is -1.49. The molecule has 0 aliphatic rings. The van der Waals surface area contributed by atoms with E-state index in [1.165, 1.54) is 4.90 Å². The number of aliphatic carboxylic acids is 1. The third-order valence-electron chi connectivity index (χ3n) is 2.64. The first-order valence-electron chi connectivity index (χ1n) is 6.09. The Morgan fingerprint density at radius 1 is 1.58 bits per heavy atom. The van der Waals surface area contributed by atoms with E-state index in [-0.39, 0.29) is 12.6 Å². The molecule has 1 heterocycles. The van der Waals surface area contributed by atoms with Gasteiger partial charge in [0.15, 0.2) is 0 Å². The summed E-state index contributed by atoms with van der Waals surface area (Å²) in [5.41, 5.74) is 0.829. The van der Waals surface area contributed by atoms with Gasteiger partial charge >= 0.3 is 12.0 Å². The molecular weight excluding hydrogens is 266 g/mol. The molecule has 1 aromatic rings. The Morgan fingerprint density at radius 2 is 2.26 bits per heavy atom. The standard InChI is InChI=1S/C12H19N3O3S/c1-4-10-14-9(7-19-10)5-13-12(18)15(3)6-8(2)11(16)17/h7-8H,4-6H2,1-3H3,(H,13,18)(H,16,17). The van der Waals surface area contributed by atoms with Crippen LogP contribution in [0.4, 0.5) is 4.79 Å². The van der Waals surface area contributed by atoms with Crippen molar-refractivity contribution in [3.05, 3.63) is 16.1 Å². The minimum atomic E-state index is -0.910. The third-order valence-corrected chi connectivity index (χ3v) is 3.68. The molecule has 0 spiro atoms. The first-order valence-corrected chi connectivity index (χ1v) is 6.97. The predicted molar refractivity (Wildman–Crippen MR) is 73.2 cm³/mol. The number of rotatable bonds is 6. The van der Waals surface area contributed by atoms with Gasteiger partial charge < -0.3 is 15.3 Å². The van der Waals surface area contributed by atoms with Crippen LogP contribution in [0.2, 0.25) is 0 Å². The fraction of sp³-hybridized carbons (Fsp3) is 0.583. The first-order chi connectivity index (χ1) is 8.93. The highest BCUT2D eigenvalue weighted by Crippen LogP contribution is 2.09. The lowest BCUT2D eigenvalue weighted by molar-refractivity contribution is -0.141. The van der Waals surface area contributed by atoms with Crippen LogP contribution in [-0.2, 0) is 17.8 Å². The van der Waals surface area contributed by atoms with Crippen LogP contribution in [0.3, 0.4) is 0 Å². The van der Waals surface area contributed by atoms with E-state index in [9.17, 15) is 9.59 Å². The van der Waals surface area contributed by atoms with E-state index in [2.05, 4.69) is 10.3 Å². The van der Waals surface area contributed by atoms with E-state index in [4.69, 9.17) is 5.11 Å². The number of thiazole rings is 1. The lowest BCUT2D eigenvalue weighted by Crippen LogP contribution is -2.40. The number of hydrogen-bond donors (Lipinski definition) is 2. The summed E-state index contributed by atoms with van der Waals surface area (Å²) in [6.07, 6.45) is 0.884. The van der Waals surface area contributed by atoms with E-state index in [1.54, 1.807) is 25.3 Å². The molecular formula is C12H19N3O3S. The highest BCUT2D eigenvalue weighted by Gasteiger charge is 2.17. The number of amides is 2. The molecule has 0 aromatic carbocycles. The van der Waals surface area contributed by atoms with Crippen LogP contribution in [-0.4, -0.2) is 40.6 Å². The predicted octanol–water partition coefficient (Wildman–Crippen LogP) is 1.57. The van der Waals surface area contributed by atoms with Crippen LogP contribution in [0, 0.1) is 5.92 Å². The van der Waals surface area contributed by atoms with Gasteiger partial charge in [-0.25, -0.2) is 9.78 Å². The van der Waals surface area contributed by atoms with Crippen LogP contribution < -0.4 is 5.32 Å². The van der Waals surface area contributed by atoms with Crippen molar-refractivity contribution in [2.45, 2.75) is 26.8 Å². The fourth-order valence-electron chi connectivity index (χ4n) is 1.47. The number of nitrogens with zero attached hydrogens (tertiary/aromatic N) is 2. The largest absolute Gasteiger partial charge is 0.481 e. The molecule has 1 aromatic heterocycles. The van der Waals surface area contributed by atoms with E-state index in [0.717, 1.165) is 17.1 Å². The second-order valence-electron chi connectivity index (χ2n) is 4.36. The van der Waals surface area contributed by atoms with E-state index in [0.29, 0.717) is 6.54 Å². The topological polar surface area (TPSA) is 82.5 Å². The summed E-state index contributed by atoms with van der Waals surface area (Å²) in [7, 11) is 1.58. The van der Waals surface area contributed by atoms with Crippen LogP contribution in [0.15, 0.2) is 5.38 Å². The van der Waals surface area contributed by atoms with Crippen molar-refractivity contribution < 1.29 is 14.7 Å². The zero-order valence-corrected chi connectivity index (χ0v) is 12.2. The molecule has 1 atom stereocenters. The maximum atomic E-state index is 11.7. The highest BCUT2D eigenvalue weighted by atomic mass is 32.1. The van der Waals surface area contributed by atoms with Gasteiger partial charge in [0, 0.05) is 19.0 Å². The molecule has 0 saturated carbocycles. The molecule has 2 N–H and O–H groups in total. The van der Waals surface area contributed by atoms with Gasteiger partial charge in [0.1, 0.15) is 0 Å². The molecule has 19 heavy (non-hydrogen) atoms. The third kappa shape index (κ3) is 4.86. The lowest BCUT2D eigenvalue weighted by Gasteiger charge is -2.19. The molecule has 106 valence electrons. The molecule has 6 nitrogen and oxygen atoms in total. The number of carbonyl (C=O) groups is 2. The van der Waals surface area contributed by atoms with Crippen LogP contribution in [0.25, 0.3) is 0 Å². The van der Waals surface area contributed by atoms with Crippen molar-refractivity contribution in [2.24, 2.45) is 5.92 Å². The zero-order valence-electron chi connectivity index (χ0n) is 11.3. The van der Waals surface area contributed by atoms with Gasteiger partial charge in [-0.05, 0) is 6.42 Å². The quantitative estimate of drug-likeness (QED) is 0.831. The van der Waals surface area contributed by atoms with E-state index >= 15 is 0 Å². The average Bonchev–Trinajstić information content (AvgIpc) is 2.83. The summed E-state index contributed by atoms with van der Waals surface area (Å²) < 4.78 is 0. The smallest absolute Gasteiger partial charge is 0.317 e. The molecule has 0 radical (unpaired) electrons. The molecule has 1 unspecified atom stereocenters. The number of carboxylic acid groups (broad SMARTS) is 1. The Labute approximate surface area is 116 Å². The lowest BCUT2D eigenvalue weighted by atomic mass is 10.2. The molecule has 0 bridgehead atoms. The molecule has 2 amide bonds. The van der Waals surface area contributed by atoms with Crippen LogP contribution >= 0.6 is 11.3 Å².